The standard InChI is InChI=1S/C12H12N2O2/c15-10-5-1-4-9-11(10)13-7-8-3-2-6-14(8)12(9)16/h4-5,7,15H,1-3,6H2. The molecule has 1 N–H and O–H groups in total. The molecule has 3 rings (SSSR count). The first-order chi connectivity index (χ1) is 7.77. The van der Waals surface area contributed by atoms with E-state index in [9.17, 15) is 9.90 Å². The molecule has 0 aromatic carbocycles. The lowest BCUT2D eigenvalue weighted by Gasteiger charge is -2.18. The predicted octanol–water partition coefficient (Wildman–Crippen LogP) is 1.68. The number of hydrogen-bond donors (Lipinski definition) is 1. The van der Waals surface area contributed by atoms with Gasteiger partial charge in [0, 0.05) is 18.4 Å². The number of fused-ring (bicyclic) bond motifs is 2. The number of aliphatic hydroxyl groups excluding tert-OH is 1. The predicted molar refractivity (Wildman–Crippen MR) is 59.9 cm³/mol. The lowest BCUT2D eigenvalue weighted by atomic mass is 10.0. The quantitative estimate of drug-likeness (QED) is 0.669. The molecule has 82 valence electrons. The van der Waals surface area contributed by atoms with Crippen molar-refractivity contribution in [2.75, 3.05) is 6.54 Å². The third-order valence-electron chi connectivity index (χ3n) is 3.11. The summed E-state index contributed by atoms with van der Waals surface area (Å²) in [5, 5.41) is 9.70. The topological polar surface area (TPSA) is 52.9 Å². The van der Waals surface area contributed by atoms with E-state index in [0.717, 1.165) is 25.1 Å². The van der Waals surface area contributed by atoms with E-state index in [1.165, 1.54) is 0 Å². The first-order valence-electron chi connectivity index (χ1n) is 5.46. The summed E-state index contributed by atoms with van der Waals surface area (Å²) < 4.78 is 0. The molecule has 0 unspecified atom stereocenters. The van der Waals surface area contributed by atoms with Crippen LogP contribution in [-0.2, 0) is 4.79 Å². The zero-order valence-corrected chi connectivity index (χ0v) is 8.81. The number of nitrogens with zero attached hydrogens (tertiary/aromatic N) is 2. The second-order valence-corrected chi connectivity index (χ2v) is 4.10. The maximum Gasteiger partial charge on any atom is 0.260 e. The third-order valence-corrected chi connectivity index (χ3v) is 3.11. The van der Waals surface area contributed by atoms with Crippen LogP contribution >= 0.6 is 0 Å². The summed E-state index contributed by atoms with van der Waals surface area (Å²) in [6, 6.07) is 0. The van der Waals surface area contributed by atoms with E-state index in [2.05, 4.69) is 4.99 Å². The first kappa shape index (κ1) is 9.39. The van der Waals surface area contributed by atoms with Gasteiger partial charge < -0.3 is 10.0 Å². The number of amides is 1. The van der Waals surface area contributed by atoms with E-state index >= 15 is 0 Å². The van der Waals surface area contributed by atoms with E-state index in [0.29, 0.717) is 17.7 Å². The number of carbonyl (C=O) groups excluding carboxylic acids is 1. The van der Waals surface area contributed by atoms with Gasteiger partial charge in [0.2, 0.25) is 0 Å². The van der Waals surface area contributed by atoms with Crippen molar-refractivity contribution in [1.82, 2.24) is 4.90 Å². The van der Waals surface area contributed by atoms with Gasteiger partial charge in [-0.25, -0.2) is 0 Å². The van der Waals surface area contributed by atoms with E-state index in [4.69, 9.17) is 0 Å². The molecule has 0 spiro atoms. The molecule has 1 fully saturated rings. The molecular weight excluding hydrogens is 204 g/mol. The van der Waals surface area contributed by atoms with Crippen LogP contribution in [0.15, 0.2) is 40.4 Å². The summed E-state index contributed by atoms with van der Waals surface area (Å²) in [4.78, 5) is 18.2. The Morgan fingerprint density at radius 2 is 2.25 bits per heavy atom. The number of rotatable bonds is 0. The monoisotopic (exact) mass is 216 g/mol. The average Bonchev–Trinajstić information content (AvgIpc) is 2.70. The Morgan fingerprint density at radius 1 is 1.38 bits per heavy atom. The normalized spacial score (nSPS) is 23.8. The highest BCUT2D eigenvalue weighted by atomic mass is 16.3. The minimum absolute atomic E-state index is 0.0281. The zero-order chi connectivity index (χ0) is 11.1. The number of allylic oxidation sites excluding steroid dienone is 4. The van der Waals surface area contributed by atoms with Crippen LogP contribution in [0.25, 0.3) is 0 Å². The van der Waals surface area contributed by atoms with Crippen molar-refractivity contribution in [1.29, 1.82) is 0 Å². The summed E-state index contributed by atoms with van der Waals surface area (Å²) in [6.45, 7) is 0.759. The number of hydrogen-bond acceptors (Lipinski definition) is 3. The van der Waals surface area contributed by atoms with Crippen LogP contribution in [-0.4, -0.2) is 28.2 Å². The van der Waals surface area contributed by atoms with E-state index in [-0.39, 0.29) is 11.7 Å². The molecule has 0 saturated carbocycles. The minimum Gasteiger partial charge on any atom is -0.506 e. The fourth-order valence-electron chi connectivity index (χ4n) is 2.29. The van der Waals surface area contributed by atoms with Crippen LogP contribution in [0.2, 0.25) is 0 Å². The Labute approximate surface area is 93.3 Å². The third kappa shape index (κ3) is 1.23. The van der Waals surface area contributed by atoms with Crippen molar-refractivity contribution in [2.24, 2.45) is 4.99 Å². The highest BCUT2D eigenvalue weighted by Gasteiger charge is 2.32. The Balaban J connectivity index is 2.10. The molecule has 2 aliphatic heterocycles. The molecule has 3 aliphatic rings. The van der Waals surface area contributed by atoms with Crippen LogP contribution in [0.1, 0.15) is 19.3 Å². The molecule has 16 heavy (non-hydrogen) atoms. The van der Waals surface area contributed by atoms with Gasteiger partial charge in [-0.15, -0.1) is 0 Å². The zero-order valence-electron chi connectivity index (χ0n) is 8.81. The molecule has 1 amide bonds. The van der Waals surface area contributed by atoms with Crippen molar-refractivity contribution in [3.8, 4) is 0 Å². The molecule has 4 nitrogen and oxygen atoms in total. The fourth-order valence-corrected chi connectivity index (χ4v) is 2.29. The van der Waals surface area contributed by atoms with E-state index in [1.54, 1.807) is 17.2 Å². The lowest BCUT2D eigenvalue weighted by Crippen LogP contribution is -2.30. The van der Waals surface area contributed by atoms with Crippen molar-refractivity contribution in [3.05, 3.63) is 35.4 Å². The summed E-state index contributed by atoms with van der Waals surface area (Å²) >= 11 is 0. The van der Waals surface area contributed by atoms with Gasteiger partial charge in [-0.2, -0.15) is 0 Å². The largest absolute Gasteiger partial charge is 0.506 e. The van der Waals surface area contributed by atoms with Crippen molar-refractivity contribution < 1.29 is 9.90 Å². The minimum atomic E-state index is -0.0281. The maximum absolute atomic E-state index is 12.2. The number of aliphatic hydroxyl groups is 1. The Kier molecular flexibility index (Phi) is 1.96. The molecule has 0 radical (unpaired) electrons. The lowest BCUT2D eigenvalue weighted by molar-refractivity contribution is -0.124. The van der Waals surface area contributed by atoms with E-state index < -0.39 is 0 Å². The smallest absolute Gasteiger partial charge is 0.260 e. The highest BCUT2D eigenvalue weighted by Crippen LogP contribution is 2.28. The molecule has 1 aliphatic carbocycles. The molecule has 1 saturated heterocycles. The number of carbonyl (C=O) groups is 1. The molecule has 2 heterocycles. The van der Waals surface area contributed by atoms with Gasteiger partial charge in [0.25, 0.3) is 5.91 Å². The fraction of sp³-hybridized carbons (Fsp3) is 0.333. The van der Waals surface area contributed by atoms with Crippen molar-refractivity contribution in [3.63, 3.8) is 0 Å². The number of aliphatic imine (C=N–C) groups is 1. The SMILES string of the molecule is O=C1C2=CCC=C(O)C2=NC=C2CCCN12. The van der Waals surface area contributed by atoms with Gasteiger partial charge in [0.05, 0.1) is 5.57 Å². The van der Waals surface area contributed by atoms with Gasteiger partial charge in [-0.05, 0) is 25.3 Å². The molecule has 0 aromatic heterocycles. The van der Waals surface area contributed by atoms with Crippen LogP contribution < -0.4 is 0 Å². The van der Waals surface area contributed by atoms with Gasteiger partial charge in [-0.1, -0.05) is 6.08 Å². The second-order valence-electron chi connectivity index (χ2n) is 4.10. The second kappa shape index (κ2) is 3.33. The first-order valence-corrected chi connectivity index (χ1v) is 5.46. The van der Waals surface area contributed by atoms with Crippen LogP contribution in [0.5, 0.6) is 0 Å². The molecule has 4 heteroatoms. The molecular formula is C12H12N2O2. The summed E-state index contributed by atoms with van der Waals surface area (Å²) in [5.74, 6) is 0.0866. The summed E-state index contributed by atoms with van der Waals surface area (Å²) in [7, 11) is 0. The Bertz CT molecular complexity index is 483. The molecule has 0 bridgehead atoms. The van der Waals surface area contributed by atoms with Gasteiger partial charge in [-0.3, -0.25) is 9.79 Å². The Hall–Kier alpha value is -1.84. The average molecular weight is 216 g/mol. The highest BCUT2D eigenvalue weighted by molar-refractivity contribution is 6.28. The molecule has 0 aromatic rings. The summed E-state index contributed by atoms with van der Waals surface area (Å²) in [6.07, 6.45) is 7.68. The van der Waals surface area contributed by atoms with E-state index in [1.807, 2.05) is 6.08 Å². The van der Waals surface area contributed by atoms with Gasteiger partial charge >= 0.3 is 0 Å². The van der Waals surface area contributed by atoms with Crippen LogP contribution in [0.3, 0.4) is 0 Å². The maximum atomic E-state index is 12.2. The van der Waals surface area contributed by atoms with Crippen LogP contribution in [0.4, 0.5) is 0 Å². The van der Waals surface area contributed by atoms with Gasteiger partial charge in [0.15, 0.2) is 0 Å². The van der Waals surface area contributed by atoms with Crippen molar-refractivity contribution in [2.45, 2.75) is 19.3 Å². The van der Waals surface area contributed by atoms with Crippen molar-refractivity contribution >= 4 is 11.6 Å². The summed E-state index contributed by atoms with van der Waals surface area (Å²) in [5.41, 5.74) is 1.91. The van der Waals surface area contributed by atoms with Gasteiger partial charge in [0.1, 0.15) is 11.5 Å². The molecule has 0 atom stereocenters. The van der Waals surface area contributed by atoms with Crippen LogP contribution in [0, 0.1) is 0 Å². The Morgan fingerprint density at radius 3 is 3.12 bits per heavy atom.